The maximum absolute atomic E-state index is 5.70. The van der Waals surface area contributed by atoms with Crippen molar-refractivity contribution in [1.82, 2.24) is 19.8 Å². The molecule has 0 unspecified atom stereocenters. The number of halogens is 1. The lowest BCUT2D eigenvalue weighted by atomic mass is 10.3. The predicted octanol–water partition coefficient (Wildman–Crippen LogP) is 2.62. The zero-order valence-corrected chi connectivity index (χ0v) is 15.1. The second kappa shape index (κ2) is 8.21. The van der Waals surface area contributed by atoms with E-state index in [4.69, 9.17) is 5.73 Å². The van der Waals surface area contributed by atoms with Crippen molar-refractivity contribution in [1.29, 1.82) is 0 Å². The summed E-state index contributed by atoms with van der Waals surface area (Å²) < 4.78 is 0. The molecule has 0 bridgehead atoms. The van der Waals surface area contributed by atoms with E-state index in [-0.39, 0.29) is 12.4 Å². The first-order valence-corrected chi connectivity index (χ1v) is 8.94. The molecule has 2 aromatic heterocycles. The number of aryl methyl sites for hydroxylation is 1. The second-order valence-electron chi connectivity index (χ2n) is 5.43. The summed E-state index contributed by atoms with van der Waals surface area (Å²) in [4.78, 5) is 15.0. The number of hydrogen-bond acceptors (Lipinski definition) is 7. The highest BCUT2D eigenvalue weighted by molar-refractivity contribution is 7.15. The van der Waals surface area contributed by atoms with Gasteiger partial charge in [0.25, 0.3) is 0 Å². The minimum atomic E-state index is 0. The Morgan fingerprint density at radius 1 is 1.18 bits per heavy atom. The average Bonchev–Trinajstić information content (AvgIpc) is 2.96. The van der Waals surface area contributed by atoms with Crippen LogP contribution in [0, 0.1) is 6.92 Å². The largest absolute Gasteiger partial charge is 0.375 e. The van der Waals surface area contributed by atoms with Crippen LogP contribution in [0.4, 0.5) is 5.13 Å². The van der Waals surface area contributed by atoms with Crippen molar-refractivity contribution >= 4 is 40.2 Å². The lowest BCUT2D eigenvalue weighted by molar-refractivity contribution is 0.247. The van der Waals surface area contributed by atoms with Crippen molar-refractivity contribution in [3.05, 3.63) is 27.2 Å². The first-order valence-electron chi connectivity index (χ1n) is 7.25. The van der Waals surface area contributed by atoms with Gasteiger partial charge in [-0.3, -0.25) is 9.80 Å². The van der Waals surface area contributed by atoms with Gasteiger partial charge < -0.3 is 5.73 Å². The standard InChI is InChI=1S/C14H21N5S2.ClH/c1-11-17-12(10-20-11)8-18-3-2-4-19(6-5-18)9-13-7-16-14(15)21-13;/h7,10H,2-6,8-9H2,1H3,(H2,15,16);1H. The molecule has 0 amide bonds. The molecule has 0 aromatic carbocycles. The van der Waals surface area contributed by atoms with Gasteiger partial charge in [0.15, 0.2) is 5.13 Å². The van der Waals surface area contributed by atoms with Crippen molar-refractivity contribution in [3.8, 4) is 0 Å². The summed E-state index contributed by atoms with van der Waals surface area (Å²) >= 11 is 3.33. The van der Waals surface area contributed by atoms with Crippen LogP contribution in [0.3, 0.4) is 0 Å². The van der Waals surface area contributed by atoms with Crippen molar-refractivity contribution in [2.75, 3.05) is 31.9 Å². The Bertz CT molecular complexity index is 535. The Morgan fingerprint density at radius 2 is 1.91 bits per heavy atom. The lowest BCUT2D eigenvalue weighted by Gasteiger charge is -2.20. The molecule has 2 aromatic rings. The van der Waals surface area contributed by atoms with Crippen molar-refractivity contribution in [2.45, 2.75) is 26.4 Å². The van der Waals surface area contributed by atoms with Crippen molar-refractivity contribution < 1.29 is 0 Å². The first-order chi connectivity index (χ1) is 10.2. The fourth-order valence-corrected chi connectivity index (χ4v) is 4.00. The number of rotatable bonds is 4. The summed E-state index contributed by atoms with van der Waals surface area (Å²) in [6, 6.07) is 0. The molecule has 3 rings (SSSR count). The molecule has 5 nitrogen and oxygen atoms in total. The predicted molar refractivity (Wildman–Crippen MR) is 95.8 cm³/mol. The number of nitrogen functional groups attached to an aromatic ring is 1. The van der Waals surface area contributed by atoms with Crippen LogP contribution in [0.25, 0.3) is 0 Å². The minimum Gasteiger partial charge on any atom is -0.375 e. The molecule has 122 valence electrons. The molecule has 8 heteroatoms. The maximum Gasteiger partial charge on any atom is 0.180 e. The topological polar surface area (TPSA) is 58.3 Å². The first kappa shape index (κ1) is 17.6. The third-order valence-electron chi connectivity index (χ3n) is 3.68. The summed E-state index contributed by atoms with van der Waals surface area (Å²) in [7, 11) is 0. The Labute approximate surface area is 145 Å². The molecule has 3 heterocycles. The molecule has 1 aliphatic heterocycles. The molecule has 0 saturated carbocycles. The zero-order chi connectivity index (χ0) is 14.7. The van der Waals surface area contributed by atoms with E-state index >= 15 is 0 Å². The van der Waals surface area contributed by atoms with Crippen LogP contribution in [0.2, 0.25) is 0 Å². The van der Waals surface area contributed by atoms with E-state index in [1.807, 2.05) is 6.20 Å². The monoisotopic (exact) mass is 359 g/mol. The van der Waals surface area contributed by atoms with E-state index in [9.17, 15) is 0 Å². The highest BCUT2D eigenvalue weighted by Gasteiger charge is 2.16. The molecular weight excluding hydrogens is 338 g/mol. The van der Waals surface area contributed by atoms with E-state index < -0.39 is 0 Å². The molecule has 2 N–H and O–H groups in total. The molecule has 0 aliphatic carbocycles. The number of nitrogens with zero attached hydrogens (tertiary/aromatic N) is 4. The van der Waals surface area contributed by atoms with Crippen LogP contribution >= 0.6 is 35.1 Å². The van der Waals surface area contributed by atoms with Gasteiger partial charge in [0.1, 0.15) is 0 Å². The Morgan fingerprint density at radius 3 is 2.50 bits per heavy atom. The van der Waals surface area contributed by atoms with Gasteiger partial charge in [-0.25, -0.2) is 9.97 Å². The van der Waals surface area contributed by atoms with Crippen LogP contribution in [0.5, 0.6) is 0 Å². The summed E-state index contributed by atoms with van der Waals surface area (Å²) in [5, 5.41) is 4.00. The fraction of sp³-hybridized carbons (Fsp3) is 0.571. The van der Waals surface area contributed by atoms with Crippen LogP contribution in [-0.4, -0.2) is 45.9 Å². The van der Waals surface area contributed by atoms with Gasteiger partial charge >= 0.3 is 0 Å². The molecular formula is C14H22ClN5S2. The SMILES string of the molecule is Cc1nc(CN2CCCN(Cc3cnc(N)s3)CC2)cs1.Cl. The number of nitrogens with two attached hydrogens (primary N) is 1. The van der Waals surface area contributed by atoms with Gasteiger partial charge in [-0.05, 0) is 26.4 Å². The van der Waals surface area contributed by atoms with E-state index in [0.29, 0.717) is 5.13 Å². The molecule has 1 fully saturated rings. The van der Waals surface area contributed by atoms with Crippen LogP contribution in [0.15, 0.2) is 11.6 Å². The highest BCUT2D eigenvalue weighted by Crippen LogP contribution is 2.18. The zero-order valence-electron chi connectivity index (χ0n) is 12.7. The maximum atomic E-state index is 5.70. The normalized spacial score (nSPS) is 17.1. The number of anilines is 1. The number of aromatic nitrogens is 2. The van der Waals surface area contributed by atoms with Crippen LogP contribution in [0.1, 0.15) is 22.0 Å². The van der Waals surface area contributed by atoms with Gasteiger partial charge in [0.2, 0.25) is 0 Å². The minimum absolute atomic E-state index is 0. The molecule has 1 aliphatic rings. The van der Waals surface area contributed by atoms with E-state index in [1.165, 1.54) is 17.0 Å². The number of thiazole rings is 2. The molecule has 1 saturated heterocycles. The molecule has 0 spiro atoms. The fourth-order valence-electron chi connectivity index (χ4n) is 2.67. The van der Waals surface area contributed by atoms with Gasteiger partial charge in [0.05, 0.1) is 10.7 Å². The van der Waals surface area contributed by atoms with Gasteiger partial charge in [0, 0.05) is 42.6 Å². The average molecular weight is 360 g/mol. The van der Waals surface area contributed by atoms with Crippen LogP contribution < -0.4 is 5.73 Å². The smallest absolute Gasteiger partial charge is 0.180 e. The molecule has 0 radical (unpaired) electrons. The molecule has 22 heavy (non-hydrogen) atoms. The highest BCUT2D eigenvalue weighted by atomic mass is 35.5. The Balaban J connectivity index is 0.00000176. The number of hydrogen-bond donors (Lipinski definition) is 1. The summed E-state index contributed by atoms with van der Waals surface area (Å²) in [6.07, 6.45) is 3.11. The van der Waals surface area contributed by atoms with E-state index in [2.05, 4.69) is 32.1 Å². The third kappa shape index (κ3) is 4.89. The Kier molecular flexibility index (Phi) is 6.58. The third-order valence-corrected chi connectivity index (χ3v) is 5.32. The second-order valence-corrected chi connectivity index (χ2v) is 7.64. The lowest BCUT2D eigenvalue weighted by Crippen LogP contribution is -2.30. The quantitative estimate of drug-likeness (QED) is 0.909. The summed E-state index contributed by atoms with van der Waals surface area (Å²) in [5.41, 5.74) is 6.91. The summed E-state index contributed by atoms with van der Waals surface area (Å²) in [5.74, 6) is 0. The Hall–Kier alpha value is -0.730. The van der Waals surface area contributed by atoms with E-state index in [1.54, 1.807) is 22.7 Å². The van der Waals surface area contributed by atoms with Crippen molar-refractivity contribution in [3.63, 3.8) is 0 Å². The van der Waals surface area contributed by atoms with Gasteiger partial charge in [-0.1, -0.05) is 0 Å². The van der Waals surface area contributed by atoms with Crippen molar-refractivity contribution in [2.24, 2.45) is 0 Å². The van der Waals surface area contributed by atoms with Gasteiger partial charge in [-0.15, -0.1) is 35.1 Å². The van der Waals surface area contributed by atoms with Crippen LogP contribution in [-0.2, 0) is 13.1 Å². The van der Waals surface area contributed by atoms with E-state index in [0.717, 1.165) is 44.3 Å². The van der Waals surface area contributed by atoms with Gasteiger partial charge in [-0.2, -0.15) is 0 Å². The summed E-state index contributed by atoms with van der Waals surface area (Å²) in [6.45, 7) is 8.51. The molecule has 0 atom stereocenters.